The molecule has 23 heavy (non-hydrogen) atoms. The second-order valence-electron chi connectivity index (χ2n) is 6.20. The summed E-state index contributed by atoms with van der Waals surface area (Å²) in [6.07, 6.45) is -2.92. The molecule has 0 aromatic heterocycles. The highest BCUT2D eigenvalue weighted by Crippen LogP contribution is 2.41. The lowest BCUT2D eigenvalue weighted by Crippen LogP contribution is -2.47. The Balaban J connectivity index is 2.50. The van der Waals surface area contributed by atoms with Crippen LogP contribution < -0.4 is 5.32 Å². The first kappa shape index (κ1) is 18.2. The normalized spacial score (nSPS) is 19.6. The molecule has 1 aromatic rings. The van der Waals surface area contributed by atoms with Crippen LogP contribution >= 0.6 is 0 Å². The molecule has 0 saturated carbocycles. The molecule has 1 heterocycles. The lowest BCUT2D eigenvalue weighted by atomic mass is 9.86. The zero-order valence-corrected chi connectivity index (χ0v) is 13.6. The standard InChI is InChI=1S/C17H24F4N2/c1-3-5-12(2)16(23-10-8-22-9-11-23)15-13(17(19,20)21)6-4-7-14(15)18/h4,6-7,12,16,22H,3,5,8-11H2,1-2H3/t12?,16-/m0/s1. The van der Waals surface area contributed by atoms with Gasteiger partial charge in [-0.2, -0.15) is 13.2 Å². The van der Waals surface area contributed by atoms with Gasteiger partial charge >= 0.3 is 6.18 Å². The lowest BCUT2D eigenvalue weighted by molar-refractivity contribution is -0.139. The van der Waals surface area contributed by atoms with Crippen LogP contribution in [0.4, 0.5) is 17.6 Å². The van der Waals surface area contributed by atoms with Gasteiger partial charge in [0.15, 0.2) is 0 Å². The van der Waals surface area contributed by atoms with E-state index >= 15 is 0 Å². The number of alkyl halides is 3. The number of halogens is 4. The molecule has 0 radical (unpaired) electrons. The maximum absolute atomic E-state index is 14.4. The van der Waals surface area contributed by atoms with E-state index < -0.39 is 23.6 Å². The predicted molar refractivity (Wildman–Crippen MR) is 82.7 cm³/mol. The van der Waals surface area contributed by atoms with E-state index in [2.05, 4.69) is 5.32 Å². The van der Waals surface area contributed by atoms with Gasteiger partial charge < -0.3 is 5.32 Å². The van der Waals surface area contributed by atoms with Crippen molar-refractivity contribution in [2.75, 3.05) is 26.2 Å². The Labute approximate surface area is 134 Å². The van der Waals surface area contributed by atoms with Gasteiger partial charge in [-0.05, 0) is 24.5 Å². The Bertz CT molecular complexity index is 510. The molecule has 1 aliphatic heterocycles. The van der Waals surface area contributed by atoms with Crippen LogP contribution in [-0.2, 0) is 6.18 Å². The van der Waals surface area contributed by atoms with Crippen molar-refractivity contribution in [3.8, 4) is 0 Å². The molecule has 1 aromatic carbocycles. The summed E-state index contributed by atoms with van der Waals surface area (Å²) >= 11 is 0. The van der Waals surface area contributed by atoms with Crippen molar-refractivity contribution >= 4 is 0 Å². The smallest absolute Gasteiger partial charge is 0.314 e. The number of rotatable bonds is 5. The largest absolute Gasteiger partial charge is 0.416 e. The minimum absolute atomic E-state index is 0.0453. The SMILES string of the molecule is CCCC(C)[C@@H](c1c(F)cccc1C(F)(F)F)N1CCNCC1. The van der Waals surface area contributed by atoms with Gasteiger partial charge in [-0.3, -0.25) is 4.90 Å². The molecule has 2 rings (SSSR count). The van der Waals surface area contributed by atoms with Crippen molar-refractivity contribution in [2.45, 2.75) is 38.9 Å². The van der Waals surface area contributed by atoms with Crippen LogP contribution in [0.2, 0.25) is 0 Å². The van der Waals surface area contributed by atoms with E-state index in [0.717, 1.165) is 31.0 Å². The van der Waals surface area contributed by atoms with E-state index in [1.807, 2.05) is 18.7 Å². The molecule has 1 fully saturated rings. The van der Waals surface area contributed by atoms with Crippen molar-refractivity contribution in [3.63, 3.8) is 0 Å². The Kier molecular flexibility index (Phi) is 6.03. The first-order valence-corrected chi connectivity index (χ1v) is 8.16. The van der Waals surface area contributed by atoms with Crippen LogP contribution in [0.15, 0.2) is 18.2 Å². The number of nitrogens with zero attached hydrogens (tertiary/aromatic N) is 1. The van der Waals surface area contributed by atoms with Crippen molar-refractivity contribution in [3.05, 3.63) is 35.1 Å². The van der Waals surface area contributed by atoms with Gasteiger partial charge in [-0.25, -0.2) is 4.39 Å². The maximum Gasteiger partial charge on any atom is 0.416 e. The number of benzene rings is 1. The van der Waals surface area contributed by atoms with E-state index in [9.17, 15) is 17.6 Å². The highest BCUT2D eigenvalue weighted by Gasteiger charge is 2.39. The third-order valence-corrected chi connectivity index (χ3v) is 4.48. The van der Waals surface area contributed by atoms with E-state index in [-0.39, 0.29) is 11.5 Å². The van der Waals surface area contributed by atoms with Crippen LogP contribution in [0.5, 0.6) is 0 Å². The third-order valence-electron chi connectivity index (χ3n) is 4.48. The van der Waals surface area contributed by atoms with Crippen molar-refractivity contribution in [2.24, 2.45) is 5.92 Å². The van der Waals surface area contributed by atoms with Gasteiger partial charge in [0.1, 0.15) is 5.82 Å². The molecule has 6 heteroatoms. The van der Waals surface area contributed by atoms with Crippen LogP contribution in [-0.4, -0.2) is 31.1 Å². The van der Waals surface area contributed by atoms with E-state index in [0.29, 0.717) is 26.2 Å². The van der Waals surface area contributed by atoms with Gasteiger partial charge in [0.25, 0.3) is 0 Å². The first-order valence-electron chi connectivity index (χ1n) is 8.16. The minimum Gasteiger partial charge on any atom is -0.314 e. The minimum atomic E-state index is -4.55. The second kappa shape index (κ2) is 7.62. The van der Waals surface area contributed by atoms with Crippen molar-refractivity contribution < 1.29 is 17.6 Å². The molecule has 1 saturated heterocycles. The van der Waals surface area contributed by atoms with Crippen molar-refractivity contribution in [1.29, 1.82) is 0 Å². The average Bonchev–Trinajstić information content (AvgIpc) is 2.49. The zero-order valence-electron chi connectivity index (χ0n) is 13.6. The lowest BCUT2D eigenvalue weighted by Gasteiger charge is -2.39. The number of piperazine rings is 1. The fourth-order valence-corrected chi connectivity index (χ4v) is 3.49. The molecular weight excluding hydrogens is 308 g/mol. The number of hydrogen-bond donors (Lipinski definition) is 1. The molecule has 1 aliphatic rings. The van der Waals surface area contributed by atoms with Gasteiger partial charge in [0.2, 0.25) is 0 Å². The molecule has 1 unspecified atom stereocenters. The highest BCUT2D eigenvalue weighted by atomic mass is 19.4. The van der Waals surface area contributed by atoms with Gasteiger partial charge in [-0.1, -0.05) is 26.3 Å². The molecule has 2 nitrogen and oxygen atoms in total. The summed E-state index contributed by atoms with van der Waals surface area (Å²) in [4.78, 5) is 1.99. The molecule has 0 spiro atoms. The quantitative estimate of drug-likeness (QED) is 0.812. The second-order valence-corrected chi connectivity index (χ2v) is 6.20. The molecule has 2 atom stereocenters. The molecule has 0 amide bonds. The van der Waals surface area contributed by atoms with E-state index in [1.54, 1.807) is 0 Å². The van der Waals surface area contributed by atoms with Crippen molar-refractivity contribution in [1.82, 2.24) is 10.2 Å². The summed E-state index contributed by atoms with van der Waals surface area (Å²) in [5.41, 5.74) is -1.04. The molecular formula is C17H24F4N2. The van der Waals surface area contributed by atoms with Crippen LogP contribution in [0.25, 0.3) is 0 Å². The van der Waals surface area contributed by atoms with Gasteiger partial charge in [-0.15, -0.1) is 0 Å². The Hall–Kier alpha value is -1.14. The number of hydrogen-bond acceptors (Lipinski definition) is 2. The van der Waals surface area contributed by atoms with Crippen LogP contribution in [0, 0.1) is 11.7 Å². The molecule has 1 N–H and O–H groups in total. The topological polar surface area (TPSA) is 15.3 Å². The number of nitrogens with one attached hydrogen (secondary N) is 1. The van der Waals surface area contributed by atoms with Crippen LogP contribution in [0.3, 0.4) is 0 Å². The monoisotopic (exact) mass is 332 g/mol. The van der Waals surface area contributed by atoms with Gasteiger partial charge in [0, 0.05) is 37.8 Å². The summed E-state index contributed by atoms with van der Waals surface area (Å²) in [5.74, 6) is -0.803. The Morgan fingerprint density at radius 2 is 1.87 bits per heavy atom. The summed E-state index contributed by atoms with van der Waals surface area (Å²) in [6.45, 7) is 6.60. The maximum atomic E-state index is 14.4. The summed E-state index contributed by atoms with van der Waals surface area (Å²) in [5, 5.41) is 3.19. The predicted octanol–water partition coefficient (Wildman–Crippen LogP) is 4.23. The Morgan fingerprint density at radius 1 is 1.22 bits per heavy atom. The molecule has 130 valence electrons. The van der Waals surface area contributed by atoms with Crippen LogP contribution in [0.1, 0.15) is 43.9 Å². The van der Waals surface area contributed by atoms with E-state index in [4.69, 9.17) is 0 Å². The summed E-state index contributed by atoms with van der Waals surface area (Å²) in [6, 6.07) is 2.72. The molecule has 0 aliphatic carbocycles. The third kappa shape index (κ3) is 4.23. The van der Waals surface area contributed by atoms with E-state index in [1.165, 1.54) is 0 Å². The fraction of sp³-hybridized carbons (Fsp3) is 0.647. The Morgan fingerprint density at radius 3 is 2.43 bits per heavy atom. The molecule has 0 bridgehead atoms. The summed E-state index contributed by atoms with van der Waals surface area (Å²) < 4.78 is 54.7. The fourth-order valence-electron chi connectivity index (χ4n) is 3.49. The van der Waals surface area contributed by atoms with Gasteiger partial charge in [0.05, 0.1) is 5.56 Å². The average molecular weight is 332 g/mol. The highest BCUT2D eigenvalue weighted by molar-refractivity contribution is 5.34. The zero-order chi connectivity index (χ0) is 17.0. The first-order chi connectivity index (χ1) is 10.9. The summed E-state index contributed by atoms with van der Waals surface area (Å²) in [7, 11) is 0.